The second-order valence-electron chi connectivity index (χ2n) is 4.49. The van der Waals surface area contributed by atoms with Crippen LogP contribution < -0.4 is 0 Å². The van der Waals surface area contributed by atoms with Crippen molar-refractivity contribution in [3.05, 3.63) is 48.0 Å². The largest absolute Gasteiger partial charge is 0.300 e. The first kappa shape index (κ1) is 12.5. The summed E-state index contributed by atoms with van der Waals surface area (Å²) in [6.07, 6.45) is 3.15. The van der Waals surface area contributed by atoms with Crippen LogP contribution in [-0.4, -0.2) is 23.8 Å². The first-order chi connectivity index (χ1) is 8.74. The van der Waals surface area contributed by atoms with E-state index in [1.807, 2.05) is 30.3 Å². The van der Waals surface area contributed by atoms with Gasteiger partial charge in [-0.25, -0.2) is 0 Å². The number of ketones is 1. The lowest BCUT2D eigenvalue weighted by molar-refractivity contribution is -0.121. The molecule has 0 spiro atoms. The fourth-order valence-corrected chi connectivity index (χ4v) is 2.30. The molecule has 3 heteroatoms. The van der Waals surface area contributed by atoms with Crippen LogP contribution in [0.1, 0.15) is 30.0 Å². The average Bonchev–Trinajstić information content (AvgIpc) is 2.42. The van der Waals surface area contributed by atoms with E-state index in [4.69, 9.17) is 5.26 Å². The minimum Gasteiger partial charge on any atom is -0.300 e. The third-order valence-electron chi connectivity index (χ3n) is 3.35. The Labute approximate surface area is 107 Å². The second kappa shape index (κ2) is 5.61. The molecule has 1 aromatic rings. The number of benzene rings is 1. The van der Waals surface area contributed by atoms with Gasteiger partial charge in [0.05, 0.1) is 17.7 Å². The minimum absolute atomic E-state index is 0.130. The molecule has 0 saturated carbocycles. The topological polar surface area (TPSA) is 44.1 Å². The Balaban J connectivity index is 2.15. The summed E-state index contributed by atoms with van der Waals surface area (Å²) in [5.41, 5.74) is 1.79. The Kier molecular flexibility index (Phi) is 3.91. The third-order valence-corrected chi connectivity index (χ3v) is 3.35. The van der Waals surface area contributed by atoms with Crippen LogP contribution in [0.4, 0.5) is 0 Å². The van der Waals surface area contributed by atoms with E-state index in [1.165, 1.54) is 0 Å². The van der Waals surface area contributed by atoms with Crippen molar-refractivity contribution in [3.63, 3.8) is 0 Å². The Morgan fingerprint density at radius 2 is 1.89 bits per heavy atom. The smallest absolute Gasteiger partial charge is 0.135 e. The molecule has 0 aromatic heterocycles. The Bertz CT molecular complexity index is 474. The third kappa shape index (κ3) is 2.66. The average molecular weight is 240 g/mol. The van der Waals surface area contributed by atoms with Gasteiger partial charge in [-0.15, -0.1) is 6.58 Å². The van der Waals surface area contributed by atoms with Crippen molar-refractivity contribution in [2.45, 2.75) is 18.9 Å². The maximum Gasteiger partial charge on any atom is 0.135 e. The zero-order valence-electron chi connectivity index (χ0n) is 10.3. The van der Waals surface area contributed by atoms with Crippen molar-refractivity contribution in [2.75, 3.05) is 13.1 Å². The molecule has 0 aliphatic carbocycles. The van der Waals surface area contributed by atoms with Gasteiger partial charge in [0.2, 0.25) is 0 Å². The monoisotopic (exact) mass is 240 g/mol. The Hall–Kier alpha value is -1.92. The van der Waals surface area contributed by atoms with Crippen LogP contribution >= 0.6 is 0 Å². The molecule has 1 unspecified atom stereocenters. The van der Waals surface area contributed by atoms with Gasteiger partial charge in [0.1, 0.15) is 5.78 Å². The van der Waals surface area contributed by atoms with Crippen LogP contribution in [0, 0.1) is 11.3 Å². The van der Waals surface area contributed by atoms with Gasteiger partial charge in [-0.3, -0.25) is 9.69 Å². The van der Waals surface area contributed by atoms with Gasteiger partial charge in [0, 0.05) is 25.9 Å². The van der Waals surface area contributed by atoms with Crippen molar-refractivity contribution < 1.29 is 4.79 Å². The van der Waals surface area contributed by atoms with Gasteiger partial charge in [-0.2, -0.15) is 5.26 Å². The highest BCUT2D eigenvalue weighted by Gasteiger charge is 2.22. The maximum atomic E-state index is 11.3. The number of hydrogen-bond acceptors (Lipinski definition) is 3. The highest BCUT2D eigenvalue weighted by Crippen LogP contribution is 2.24. The fourth-order valence-electron chi connectivity index (χ4n) is 2.30. The van der Waals surface area contributed by atoms with E-state index < -0.39 is 0 Å². The number of nitrogens with zero attached hydrogens (tertiary/aromatic N) is 2. The van der Waals surface area contributed by atoms with Crippen molar-refractivity contribution in [1.82, 2.24) is 4.90 Å². The molecule has 1 fully saturated rings. The first-order valence-electron chi connectivity index (χ1n) is 6.13. The van der Waals surface area contributed by atoms with Crippen LogP contribution in [0.3, 0.4) is 0 Å². The van der Waals surface area contributed by atoms with Gasteiger partial charge >= 0.3 is 0 Å². The minimum atomic E-state index is 0.130. The van der Waals surface area contributed by atoms with Crippen LogP contribution in [-0.2, 0) is 4.79 Å². The van der Waals surface area contributed by atoms with Gasteiger partial charge < -0.3 is 0 Å². The van der Waals surface area contributed by atoms with Crippen LogP contribution in [0.5, 0.6) is 0 Å². The molecular formula is C15H16N2O. The number of carbonyl (C=O) groups is 1. The van der Waals surface area contributed by atoms with E-state index in [2.05, 4.69) is 17.5 Å². The zero-order valence-corrected chi connectivity index (χ0v) is 10.3. The van der Waals surface area contributed by atoms with Gasteiger partial charge in [-0.1, -0.05) is 18.2 Å². The Morgan fingerprint density at radius 1 is 1.28 bits per heavy atom. The summed E-state index contributed by atoms with van der Waals surface area (Å²) in [6.45, 7) is 5.46. The zero-order chi connectivity index (χ0) is 13.0. The van der Waals surface area contributed by atoms with E-state index in [0.29, 0.717) is 24.2 Å². The molecule has 92 valence electrons. The number of piperidine rings is 1. The van der Waals surface area contributed by atoms with E-state index in [9.17, 15) is 4.79 Å². The first-order valence-corrected chi connectivity index (χ1v) is 6.13. The molecule has 3 nitrogen and oxygen atoms in total. The van der Waals surface area contributed by atoms with Gasteiger partial charge in [0.15, 0.2) is 0 Å². The van der Waals surface area contributed by atoms with E-state index in [1.54, 1.807) is 0 Å². The molecule has 1 saturated heterocycles. The number of nitriles is 1. The van der Waals surface area contributed by atoms with E-state index in [-0.39, 0.29) is 6.04 Å². The quantitative estimate of drug-likeness (QED) is 0.762. The molecule has 0 radical (unpaired) electrons. The van der Waals surface area contributed by atoms with Crippen molar-refractivity contribution >= 4 is 5.78 Å². The Morgan fingerprint density at radius 3 is 2.39 bits per heavy atom. The molecule has 0 amide bonds. The van der Waals surface area contributed by atoms with Crippen LogP contribution in [0.25, 0.3) is 0 Å². The van der Waals surface area contributed by atoms with Crippen LogP contribution in [0.2, 0.25) is 0 Å². The number of likely N-dealkylation sites (tertiary alicyclic amines) is 1. The summed E-state index contributed by atoms with van der Waals surface area (Å²) in [6, 6.07) is 9.80. The highest BCUT2D eigenvalue weighted by atomic mass is 16.1. The standard InChI is InChI=1S/C15H16N2O/c1-2-15(17-9-7-14(18)8-10-17)13-5-3-12(11-16)4-6-13/h2-6,15H,1,7-10H2. The number of carbonyl (C=O) groups excluding carboxylic acids is 1. The van der Waals surface area contributed by atoms with Gasteiger partial charge in [0.25, 0.3) is 0 Å². The fraction of sp³-hybridized carbons (Fsp3) is 0.333. The molecule has 1 aliphatic heterocycles. The van der Waals surface area contributed by atoms with Crippen LogP contribution in [0.15, 0.2) is 36.9 Å². The molecule has 1 aromatic carbocycles. The molecule has 1 heterocycles. The predicted molar refractivity (Wildman–Crippen MR) is 69.9 cm³/mol. The second-order valence-corrected chi connectivity index (χ2v) is 4.49. The van der Waals surface area contributed by atoms with Crippen molar-refractivity contribution in [2.24, 2.45) is 0 Å². The summed E-state index contributed by atoms with van der Waals surface area (Å²) in [4.78, 5) is 13.5. The van der Waals surface area contributed by atoms with E-state index in [0.717, 1.165) is 18.7 Å². The predicted octanol–water partition coefficient (Wildman–Crippen LogP) is 2.45. The number of Topliss-reactive ketones (excluding diaryl/α,β-unsaturated/α-hetero) is 1. The lowest BCUT2D eigenvalue weighted by atomic mass is 10.0. The maximum absolute atomic E-state index is 11.3. The van der Waals surface area contributed by atoms with Gasteiger partial charge in [-0.05, 0) is 17.7 Å². The molecule has 0 N–H and O–H groups in total. The lowest BCUT2D eigenvalue weighted by Crippen LogP contribution is -2.36. The molecule has 2 rings (SSSR count). The normalized spacial score (nSPS) is 18.1. The highest BCUT2D eigenvalue weighted by molar-refractivity contribution is 5.79. The number of rotatable bonds is 3. The molecule has 0 bridgehead atoms. The molecule has 1 aliphatic rings. The lowest BCUT2D eigenvalue weighted by Gasteiger charge is -2.32. The summed E-state index contributed by atoms with van der Waals surface area (Å²) in [5.74, 6) is 0.342. The molecular weight excluding hydrogens is 224 g/mol. The summed E-state index contributed by atoms with van der Waals surface area (Å²) >= 11 is 0. The van der Waals surface area contributed by atoms with Crippen molar-refractivity contribution in [3.8, 4) is 6.07 Å². The number of hydrogen-bond donors (Lipinski definition) is 0. The summed E-state index contributed by atoms with van der Waals surface area (Å²) in [7, 11) is 0. The SMILES string of the molecule is C=CC(c1ccc(C#N)cc1)N1CCC(=O)CC1. The van der Waals surface area contributed by atoms with Crippen molar-refractivity contribution in [1.29, 1.82) is 5.26 Å². The van der Waals surface area contributed by atoms with E-state index >= 15 is 0 Å². The molecule has 1 atom stereocenters. The summed E-state index contributed by atoms with van der Waals surface area (Å²) < 4.78 is 0. The molecule has 18 heavy (non-hydrogen) atoms. The summed E-state index contributed by atoms with van der Waals surface area (Å²) in [5, 5.41) is 8.78.